The van der Waals surface area contributed by atoms with Gasteiger partial charge in [0.2, 0.25) is 0 Å². The van der Waals surface area contributed by atoms with Crippen molar-refractivity contribution in [3.05, 3.63) is 5.92 Å². The van der Waals surface area contributed by atoms with Crippen molar-refractivity contribution in [2.24, 2.45) is 5.92 Å². The smallest absolute Gasteiger partial charge is 0.0244 e. The highest BCUT2D eigenvalue weighted by Crippen LogP contribution is 2.26. The summed E-state index contributed by atoms with van der Waals surface area (Å²) in [5.74, 6) is 2.63. The Morgan fingerprint density at radius 1 is 0.520 bits per heavy atom. The van der Waals surface area contributed by atoms with E-state index in [1.807, 2.05) is 0 Å². The number of rotatable bonds is 20. The zero-order chi connectivity index (χ0) is 18.6. The Morgan fingerprint density at radius 3 is 1.32 bits per heavy atom. The van der Waals surface area contributed by atoms with Crippen LogP contribution < -0.4 is 0 Å². The van der Waals surface area contributed by atoms with Gasteiger partial charge in [0.15, 0.2) is 0 Å². The third kappa shape index (κ3) is 18.6. The van der Waals surface area contributed by atoms with Gasteiger partial charge in [-0.1, -0.05) is 143 Å². The summed E-state index contributed by atoms with van der Waals surface area (Å²) in [5, 5.41) is 0. The van der Waals surface area contributed by atoms with Crippen LogP contribution in [-0.4, -0.2) is 0 Å². The SMILES string of the molecule is CCCCCCCCCCC[C](C)C(C)CCCCCCCCCC. The molecular formula is C25H51. The molecular weight excluding hydrogens is 300 g/mol. The highest BCUT2D eigenvalue weighted by Gasteiger charge is 2.11. The van der Waals surface area contributed by atoms with Gasteiger partial charge in [0.1, 0.15) is 0 Å². The fourth-order valence-electron chi connectivity index (χ4n) is 3.79. The highest BCUT2D eigenvalue weighted by atomic mass is 14.2. The molecule has 1 atom stereocenters. The Hall–Kier alpha value is 0. The minimum absolute atomic E-state index is 0.856. The van der Waals surface area contributed by atoms with Crippen molar-refractivity contribution in [2.45, 2.75) is 150 Å². The minimum atomic E-state index is 0.856. The van der Waals surface area contributed by atoms with E-state index in [9.17, 15) is 0 Å². The van der Waals surface area contributed by atoms with Crippen LogP contribution in [0.4, 0.5) is 0 Å². The summed E-state index contributed by atoms with van der Waals surface area (Å²) in [6.07, 6.45) is 27.4. The van der Waals surface area contributed by atoms with Crippen LogP contribution in [-0.2, 0) is 0 Å². The summed E-state index contributed by atoms with van der Waals surface area (Å²) < 4.78 is 0. The number of hydrogen-bond acceptors (Lipinski definition) is 0. The van der Waals surface area contributed by atoms with Gasteiger partial charge < -0.3 is 0 Å². The van der Waals surface area contributed by atoms with Gasteiger partial charge in [0.05, 0.1) is 0 Å². The maximum Gasteiger partial charge on any atom is -0.0244 e. The molecule has 25 heavy (non-hydrogen) atoms. The summed E-state index contributed by atoms with van der Waals surface area (Å²) in [7, 11) is 0. The average Bonchev–Trinajstić information content (AvgIpc) is 2.62. The zero-order valence-corrected chi connectivity index (χ0v) is 18.5. The van der Waals surface area contributed by atoms with Gasteiger partial charge in [-0.25, -0.2) is 0 Å². The lowest BCUT2D eigenvalue weighted by atomic mass is 9.86. The molecule has 0 aromatic rings. The maximum atomic E-state index is 2.46. The second-order valence-electron chi connectivity index (χ2n) is 8.59. The Kier molecular flexibility index (Phi) is 20.3. The Morgan fingerprint density at radius 2 is 0.880 bits per heavy atom. The topological polar surface area (TPSA) is 0 Å². The maximum absolute atomic E-state index is 2.46. The van der Waals surface area contributed by atoms with Gasteiger partial charge in [0.25, 0.3) is 0 Å². The Labute approximate surface area is 161 Å². The van der Waals surface area contributed by atoms with Crippen molar-refractivity contribution in [1.29, 1.82) is 0 Å². The highest BCUT2D eigenvalue weighted by molar-refractivity contribution is 4.89. The molecule has 151 valence electrons. The van der Waals surface area contributed by atoms with Crippen molar-refractivity contribution >= 4 is 0 Å². The van der Waals surface area contributed by atoms with E-state index in [0.717, 1.165) is 5.92 Å². The predicted octanol–water partition coefficient (Wildman–Crippen LogP) is 9.67. The second kappa shape index (κ2) is 20.3. The van der Waals surface area contributed by atoms with E-state index in [1.54, 1.807) is 5.92 Å². The molecule has 0 aromatic carbocycles. The fourth-order valence-corrected chi connectivity index (χ4v) is 3.79. The van der Waals surface area contributed by atoms with E-state index >= 15 is 0 Å². The van der Waals surface area contributed by atoms with Crippen LogP contribution in [0.25, 0.3) is 0 Å². The van der Waals surface area contributed by atoms with E-state index in [1.165, 1.54) is 122 Å². The van der Waals surface area contributed by atoms with Crippen LogP contribution in [0.3, 0.4) is 0 Å². The third-order valence-electron chi connectivity index (χ3n) is 6.01. The second-order valence-corrected chi connectivity index (χ2v) is 8.59. The molecule has 0 heterocycles. The van der Waals surface area contributed by atoms with Crippen molar-refractivity contribution in [1.82, 2.24) is 0 Å². The standard InChI is InChI=1S/C25H51/c1-5-7-9-11-13-15-17-19-21-23-25(4)24(3)22-20-18-16-14-12-10-8-6-2/h24H,5-23H2,1-4H3. The van der Waals surface area contributed by atoms with Crippen LogP contribution in [0.1, 0.15) is 150 Å². The molecule has 1 radical (unpaired) electrons. The molecule has 0 fully saturated rings. The summed E-state index contributed by atoms with van der Waals surface area (Å²) in [4.78, 5) is 0. The first kappa shape index (κ1) is 25.0. The summed E-state index contributed by atoms with van der Waals surface area (Å²) in [6, 6.07) is 0. The van der Waals surface area contributed by atoms with Gasteiger partial charge in [-0.05, 0) is 18.3 Å². The lowest BCUT2D eigenvalue weighted by Crippen LogP contribution is -2.06. The fraction of sp³-hybridized carbons (Fsp3) is 0.960. The van der Waals surface area contributed by atoms with Gasteiger partial charge in [-0.2, -0.15) is 0 Å². The van der Waals surface area contributed by atoms with E-state index in [4.69, 9.17) is 0 Å². The van der Waals surface area contributed by atoms with E-state index in [-0.39, 0.29) is 0 Å². The van der Waals surface area contributed by atoms with Crippen LogP contribution in [0, 0.1) is 11.8 Å². The molecule has 0 amide bonds. The van der Waals surface area contributed by atoms with Crippen molar-refractivity contribution in [3.63, 3.8) is 0 Å². The molecule has 0 aliphatic heterocycles. The molecule has 0 aliphatic rings. The quantitative estimate of drug-likeness (QED) is 0.191. The lowest BCUT2D eigenvalue weighted by Gasteiger charge is -2.19. The Balaban J connectivity index is 3.32. The van der Waals surface area contributed by atoms with Crippen molar-refractivity contribution < 1.29 is 0 Å². The molecule has 0 aromatic heterocycles. The van der Waals surface area contributed by atoms with Crippen molar-refractivity contribution in [2.75, 3.05) is 0 Å². The molecule has 0 bridgehead atoms. The van der Waals surface area contributed by atoms with E-state index in [0.29, 0.717) is 0 Å². The molecule has 0 heteroatoms. The Bertz CT molecular complexity index is 232. The number of hydrogen-bond donors (Lipinski definition) is 0. The molecule has 0 spiro atoms. The third-order valence-corrected chi connectivity index (χ3v) is 6.01. The minimum Gasteiger partial charge on any atom is -0.0654 e. The summed E-state index contributed by atoms with van der Waals surface area (Å²) in [6.45, 7) is 9.48. The predicted molar refractivity (Wildman–Crippen MR) is 117 cm³/mol. The average molecular weight is 352 g/mol. The molecule has 0 rings (SSSR count). The van der Waals surface area contributed by atoms with E-state index in [2.05, 4.69) is 27.7 Å². The largest absolute Gasteiger partial charge is 0.0654 e. The monoisotopic (exact) mass is 351 g/mol. The molecule has 0 saturated carbocycles. The normalized spacial score (nSPS) is 12.8. The van der Waals surface area contributed by atoms with Crippen LogP contribution in [0.2, 0.25) is 0 Å². The van der Waals surface area contributed by atoms with Crippen LogP contribution >= 0.6 is 0 Å². The van der Waals surface area contributed by atoms with Gasteiger partial charge in [-0.3, -0.25) is 0 Å². The first-order valence-corrected chi connectivity index (χ1v) is 12.0. The molecule has 0 nitrogen and oxygen atoms in total. The van der Waals surface area contributed by atoms with Crippen molar-refractivity contribution in [3.8, 4) is 0 Å². The first-order chi connectivity index (χ1) is 12.2. The van der Waals surface area contributed by atoms with E-state index < -0.39 is 0 Å². The van der Waals surface area contributed by atoms with Gasteiger partial charge >= 0.3 is 0 Å². The summed E-state index contributed by atoms with van der Waals surface area (Å²) in [5.41, 5.74) is 0. The molecule has 1 unspecified atom stereocenters. The van der Waals surface area contributed by atoms with Gasteiger partial charge in [0, 0.05) is 0 Å². The first-order valence-electron chi connectivity index (χ1n) is 12.0. The molecule has 0 N–H and O–H groups in total. The van der Waals surface area contributed by atoms with Gasteiger partial charge in [-0.15, -0.1) is 0 Å². The van der Waals surface area contributed by atoms with Crippen LogP contribution in [0.15, 0.2) is 0 Å². The number of unbranched alkanes of at least 4 members (excludes halogenated alkanes) is 15. The molecule has 0 saturated heterocycles. The lowest BCUT2D eigenvalue weighted by molar-refractivity contribution is 0.461. The van der Waals surface area contributed by atoms with Crippen LogP contribution in [0.5, 0.6) is 0 Å². The molecule has 0 aliphatic carbocycles. The summed E-state index contributed by atoms with van der Waals surface area (Å²) >= 11 is 0. The zero-order valence-electron chi connectivity index (χ0n) is 18.5.